The van der Waals surface area contributed by atoms with Gasteiger partial charge in [-0.2, -0.15) is 0 Å². The summed E-state index contributed by atoms with van der Waals surface area (Å²) >= 11 is 1.58. The van der Waals surface area contributed by atoms with Crippen molar-refractivity contribution in [2.75, 3.05) is 30.9 Å². The molecule has 18 heavy (non-hydrogen) atoms. The number of hydrogen-bond donors (Lipinski definition) is 3. The van der Waals surface area contributed by atoms with Gasteiger partial charge in [0.2, 0.25) is 5.91 Å². The molecule has 1 heterocycles. The largest absolute Gasteiger partial charge is 0.319 e. The number of carbonyl (C=O) groups is 1. The van der Waals surface area contributed by atoms with Crippen LogP contribution in [0.3, 0.4) is 0 Å². The van der Waals surface area contributed by atoms with Crippen molar-refractivity contribution >= 4 is 23.4 Å². The van der Waals surface area contributed by atoms with Crippen LogP contribution in [0, 0.1) is 0 Å². The van der Waals surface area contributed by atoms with Gasteiger partial charge in [-0.15, -0.1) is 11.8 Å². The molecule has 1 aromatic rings. The fraction of sp³-hybridized carbons (Fsp3) is 0.417. The fourth-order valence-electron chi connectivity index (χ4n) is 1.94. The standard InChI is InChI=1S/C12H18N4OS/c1-14-5-4-9-2-3-11-10(6-9)16(8-15-13)12(17)7-18-11/h2-3,6,14-15H,4-5,7-8,13H2,1H3. The molecule has 0 bridgehead atoms. The predicted octanol–water partition coefficient (Wildman–Crippen LogP) is 0.308. The highest BCUT2D eigenvalue weighted by Gasteiger charge is 2.24. The number of nitrogens with zero attached hydrogens (tertiary/aromatic N) is 1. The topological polar surface area (TPSA) is 70.4 Å². The smallest absolute Gasteiger partial charge is 0.238 e. The van der Waals surface area contributed by atoms with Crippen LogP contribution in [0.1, 0.15) is 5.56 Å². The van der Waals surface area contributed by atoms with E-state index >= 15 is 0 Å². The number of carbonyl (C=O) groups excluding carboxylic acids is 1. The SMILES string of the molecule is CNCCc1ccc2c(c1)N(CNN)C(=O)CS2. The Bertz CT molecular complexity index is 438. The van der Waals surface area contributed by atoms with Crippen molar-refractivity contribution in [2.45, 2.75) is 11.3 Å². The minimum Gasteiger partial charge on any atom is -0.319 e. The van der Waals surface area contributed by atoms with Crippen LogP contribution in [0.15, 0.2) is 23.1 Å². The highest BCUT2D eigenvalue weighted by molar-refractivity contribution is 8.00. The zero-order valence-corrected chi connectivity index (χ0v) is 11.2. The molecule has 1 amide bonds. The Balaban J connectivity index is 2.26. The van der Waals surface area contributed by atoms with Gasteiger partial charge in [0, 0.05) is 4.90 Å². The molecule has 1 aliphatic rings. The molecule has 0 spiro atoms. The second-order valence-corrected chi connectivity index (χ2v) is 5.15. The highest BCUT2D eigenvalue weighted by atomic mass is 32.2. The molecule has 0 radical (unpaired) electrons. The van der Waals surface area contributed by atoms with E-state index in [4.69, 9.17) is 5.84 Å². The van der Waals surface area contributed by atoms with Crippen molar-refractivity contribution in [1.82, 2.24) is 10.7 Å². The zero-order chi connectivity index (χ0) is 13.0. The van der Waals surface area contributed by atoms with Crippen molar-refractivity contribution in [2.24, 2.45) is 5.84 Å². The number of anilines is 1. The molecule has 5 nitrogen and oxygen atoms in total. The van der Waals surface area contributed by atoms with E-state index in [9.17, 15) is 4.79 Å². The molecule has 98 valence electrons. The van der Waals surface area contributed by atoms with E-state index in [-0.39, 0.29) is 5.91 Å². The molecular formula is C12H18N4OS. The minimum absolute atomic E-state index is 0.0937. The molecule has 0 unspecified atom stereocenters. The van der Waals surface area contributed by atoms with Gasteiger partial charge in [-0.25, -0.2) is 5.43 Å². The van der Waals surface area contributed by atoms with E-state index in [0.29, 0.717) is 12.4 Å². The summed E-state index contributed by atoms with van der Waals surface area (Å²) in [5, 5.41) is 3.12. The van der Waals surface area contributed by atoms with Crippen molar-refractivity contribution in [3.05, 3.63) is 23.8 Å². The number of thioether (sulfide) groups is 1. The lowest BCUT2D eigenvalue weighted by molar-refractivity contribution is -0.116. The third-order valence-electron chi connectivity index (χ3n) is 2.88. The summed E-state index contributed by atoms with van der Waals surface area (Å²) in [5.74, 6) is 5.91. The normalized spacial score (nSPS) is 14.8. The maximum absolute atomic E-state index is 11.9. The maximum atomic E-state index is 11.9. The average Bonchev–Trinajstić information content (AvgIpc) is 2.39. The van der Waals surface area contributed by atoms with E-state index in [1.165, 1.54) is 5.56 Å². The van der Waals surface area contributed by atoms with Crippen molar-refractivity contribution in [3.8, 4) is 0 Å². The number of fused-ring (bicyclic) bond motifs is 1. The number of amides is 1. The Kier molecular flexibility index (Phi) is 4.60. The van der Waals surface area contributed by atoms with E-state index in [1.54, 1.807) is 16.7 Å². The Morgan fingerprint density at radius 2 is 2.33 bits per heavy atom. The summed E-state index contributed by atoms with van der Waals surface area (Å²) in [4.78, 5) is 14.7. The lowest BCUT2D eigenvalue weighted by atomic mass is 10.1. The van der Waals surface area contributed by atoms with E-state index < -0.39 is 0 Å². The van der Waals surface area contributed by atoms with Crippen LogP contribution in [0.2, 0.25) is 0 Å². The molecule has 0 aromatic heterocycles. The first-order chi connectivity index (χ1) is 8.76. The van der Waals surface area contributed by atoms with E-state index in [0.717, 1.165) is 23.5 Å². The Morgan fingerprint density at radius 3 is 3.06 bits per heavy atom. The number of hydrazine groups is 1. The first-order valence-corrected chi connectivity index (χ1v) is 6.89. The third-order valence-corrected chi connectivity index (χ3v) is 3.93. The van der Waals surface area contributed by atoms with Gasteiger partial charge in [-0.05, 0) is 37.7 Å². The first kappa shape index (κ1) is 13.4. The van der Waals surface area contributed by atoms with Gasteiger partial charge < -0.3 is 5.32 Å². The molecule has 1 aliphatic heterocycles. The van der Waals surface area contributed by atoms with Gasteiger partial charge in [0.1, 0.15) is 0 Å². The third kappa shape index (κ3) is 2.84. The molecular weight excluding hydrogens is 248 g/mol. The Labute approximate surface area is 111 Å². The molecule has 0 saturated carbocycles. The fourth-order valence-corrected chi connectivity index (χ4v) is 2.85. The Morgan fingerprint density at radius 1 is 1.50 bits per heavy atom. The van der Waals surface area contributed by atoms with Crippen molar-refractivity contribution in [3.63, 3.8) is 0 Å². The van der Waals surface area contributed by atoms with Crippen molar-refractivity contribution < 1.29 is 4.79 Å². The lowest BCUT2D eigenvalue weighted by Gasteiger charge is -2.29. The molecule has 2 rings (SSSR count). The summed E-state index contributed by atoms with van der Waals surface area (Å²) in [7, 11) is 1.93. The van der Waals surface area contributed by atoms with Crippen LogP contribution >= 0.6 is 11.8 Å². The highest BCUT2D eigenvalue weighted by Crippen LogP contribution is 2.35. The van der Waals surface area contributed by atoms with Gasteiger partial charge in [-0.3, -0.25) is 15.5 Å². The second kappa shape index (κ2) is 6.19. The summed E-state index contributed by atoms with van der Waals surface area (Å²) in [6, 6.07) is 6.28. The minimum atomic E-state index is 0.0937. The number of benzene rings is 1. The van der Waals surface area contributed by atoms with Gasteiger partial charge in [-0.1, -0.05) is 6.07 Å². The molecule has 0 atom stereocenters. The van der Waals surface area contributed by atoms with E-state index in [2.05, 4.69) is 28.9 Å². The van der Waals surface area contributed by atoms with Crippen LogP contribution in [-0.2, 0) is 11.2 Å². The lowest BCUT2D eigenvalue weighted by Crippen LogP contribution is -2.44. The summed E-state index contributed by atoms with van der Waals surface area (Å²) in [5.41, 5.74) is 4.74. The average molecular weight is 266 g/mol. The number of hydrogen-bond acceptors (Lipinski definition) is 5. The summed E-state index contributed by atoms with van der Waals surface area (Å²) in [6.45, 7) is 1.27. The van der Waals surface area contributed by atoms with Crippen LogP contribution in [0.5, 0.6) is 0 Å². The molecule has 6 heteroatoms. The van der Waals surface area contributed by atoms with Crippen molar-refractivity contribution in [1.29, 1.82) is 0 Å². The number of rotatable bonds is 5. The zero-order valence-electron chi connectivity index (χ0n) is 10.4. The second-order valence-electron chi connectivity index (χ2n) is 4.13. The Hall–Kier alpha value is -1.08. The maximum Gasteiger partial charge on any atom is 0.238 e. The van der Waals surface area contributed by atoms with Crippen LogP contribution in [0.25, 0.3) is 0 Å². The van der Waals surface area contributed by atoms with Gasteiger partial charge in [0.15, 0.2) is 0 Å². The van der Waals surface area contributed by atoms with Crippen LogP contribution in [0.4, 0.5) is 5.69 Å². The number of nitrogens with one attached hydrogen (secondary N) is 2. The summed E-state index contributed by atoms with van der Waals surface area (Å²) < 4.78 is 0. The number of nitrogens with two attached hydrogens (primary N) is 1. The quantitative estimate of drug-likeness (QED) is 0.528. The number of likely N-dealkylation sites (N-methyl/N-ethyl adjacent to an activating group) is 1. The molecule has 0 fully saturated rings. The summed E-state index contributed by atoms with van der Waals surface area (Å²) in [6.07, 6.45) is 0.951. The monoisotopic (exact) mass is 266 g/mol. The van der Waals surface area contributed by atoms with Crippen LogP contribution < -0.4 is 21.5 Å². The predicted molar refractivity (Wildman–Crippen MR) is 74.5 cm³/mol. The molecule has 0 aliphatic carbocycles. The molecule has 1 aromatic carbocycles. The van der Waals surface area contributed by atoms with Crippen LogP contribution in [-0.4, -0.2) is 31.9 Å². The van der Waals surface area contributed by atoms with Gasteiger partial charge in [0.25, 0.3) is 0 Å². The van der Waals surface area contributed by atoms with Gasteiger partial charge in [0.05, 0.1) is 18.1 Å². The van der Waals surface area contributed by atoms with Gasteiger partial charge >= 0.3 is 0 Å². The first-order valence-electron chi connectivity index (χ1n) is 5.90. The molecule has 4 N–H and O–H groups in total. The van der Waals surface area contributed by atoms with E-state index in [1.807, 2.05) is 7.05 Å². The molecule has 0 saturated heterocycles.